The van der Waals surface area contributed by atoms with Gasteiger partial charge in [0.2, 0.25) is 12.7 Å². The SMILES string of the molecule is COc1ccccc1N1CCN(CCC(=O)NCc2ccc3c(c2)OCO3)CC1. The average molecular weight is 397 g/mol. The van der Waals surface area contributed by atoms with Crippen molar-refractivity contribution >= 4 is 11.6 Å². The highest BCUT2D eigenvalue weighted by atomic mass is 16.7. The molecule has 0 aliphatic carbocycles. The molecule has 1 fully saturated rings. The predicted molar refractivity (Wildman–Crippen MR) is 111 cm³/mol. The number of methoxy groups -OCH3 is 1. The molecule has 1 N–H and O–H groups in total. The summed E-state index contributed by atoms with van der Waals surface area (Å²) in [7, 11) is 1.71. The molecule has 2 aromatic rings. The van der Waals surface area contributed by atoms with Crippen LogP contribution in [-0.4, -0.2) is 57.4 Å². The molecule has 0 atom stereocenters. The van der Waals surface area contributed by atoms with Crippen molar-refractivity contribution in [2.24, 2.45) is 0 Å². The summed E-state index contributed by atoms with van der Waals surface area (Å²) < 4.78 is 16.2. The Kier molecular flexibility index (Phi) is 6.05. The summed E-state index contributed by atoms with van der Waals surface area (Å²) in [5, 5.41) is 2.99. The molecule has 1 saturated heterocycles. The van der Waals surface area contributed by atoms with Crippen LogP contribution in [0.5, 0.6) is 17.2 Å². The van der Waals surface area contributed by atoms with Crippen LogP contribution in [0, 0.1) is 0 Å². The van der Waals surface area contributed by atoms with Crippen LogP contribution in [-0.2, 0) is 11.3 Å². The van der Waals surface area contributed by atoms with E-state index in [-0.39, 0.29) is 12.7 Å². The molecule has 154 valence electrons. The van der Waals surface area contributed by atoms with Crippen molar-refractivity contribution in [3.63, 3.8) is 0 Å². The molecule has 0 radical (unpaired) electrons. The van der Waals surface area contributed by atoms with Gasteiger partial charge in [-0.25, -0.2) is 0 Å². The summed E-state index contributed by atoms with van der Waals surface area (Å²) in [6.45, 7) is 5.26. The number of rotatable bonds is 7. The number of anilines is 1. The number of amides is 1. The standard InChI is InChI=1S/C22H27N3O4/c1-27-19-5-3-2-4-18(19)25-12-10-24(11-13-25)9-8-22(26)23-15-17-6-7-20-21(14-17)29-16-28-20/h2-7,14H,8-13,15-16H2,1H3,(H,23,26). The van der Waals surface area contributed by atoms with Crippen molar-refractivity contribution in [1.29, 1.82) is 0 Å². The van der Waals surface area contributed by atoms with Crippen LogP contribution in [0.25, 0.3) is 0 Å². The van der Waals surface area contributed by atoms with Gasteiger partial charge in [-0.3, -0.25) is 9.69 Å². The van der Waals surface area contributed by atoms with Crippen LogP contribution in [0.1, 0.15) is 12.0 Å². The van der Waals surface area contributed by atoms with Crippen LogP contribution in [0.15, 0.2) is 42.5 Å². The van der Waals surface area contributed by atoms with E-state index >= 15 is 0 Å². The molecule has 2 aliphatic rings. The number of nitrogens with one attached hydrogen (secondary N) is 1. The second-order valence-electron chi connectivity index (χ2n) is 7.21. The van der Waals surface area contributed by atoms with E-state index in [2.05, 4.69) is 21.2 Å². The molecule has 0 bridgehead atoms. The zero-order valence-corrected chi connectivity index (χ0v) is 16.7. The van der Waals surface area contributed by atoms with Crippen molar-refractivity contribution in [1.82, 2.24) is 10.2 Å². The van der Waals surface area contributed by atoms with Crippen molar-refractivity contribution in [3.8, 4) is 17.2 Å². The Hall–Kier alpha value is -2.93. The Labute approximate surface area is 171 Å². The topological polar surface area (TPSA) is 63.3 Å². The summed E-state index contributed by atoms with van der Waals surface area (Å²) in [4.78, 5) is 16.9. The molecule has 7 nitrogen and oxygen atoms in total. The summed E-state index contributed by atoms with van der Waals surface area (Å²) >= 11 is 0. The maximum atomic E-state index is 12.2. The van der Waals surface area contributed by atoms with Gasteiger partial charge in [0, 0.05) is 45.7 Å². The summed E-state index contributed by atoms with van der Waals surface area (Å²) in [6.07, 6.45) is 0.499. The predicted octanol–water partition coefficient (Wildman–Crippen LogP) is 2.25. The van der Waals surface area contributed by atoms with Gasteiger partial charge in [-0.2, -0.15) is 0 Å². The van der Waals surface area contributed by atoms with E-state index in [1.807, 2.05) is 36.4 Å². The van der Waals surface area contributed by atoms with Crippen LogP contribution >= 0.6 is 0 Å². The van der Waals surface area contributed by atoms with Crippen LogP contribution in [0.3, 0.4) is 0 Å². The van der Waals surface area contributed by atoms with E-state index in [1.165, 1.54) is 0 Å². The maximum Gasteiger partial charge on any atom is 0.231 e. The van der Waals surface area contributed by atoms with Crippen LogP contribution in [0.4, 0.5) is 5.69 Å². The van der Waals surface area contributed by atoms with Gasteiger partial charge >= 0.3 is 0 Å². The normalized spacial score (nSPS) is 16.0. The summed E-state index contributed by atoms with van der Waals surface area (Å²) in [5.41, 5.74) is 2.14. The van der Waals surface area contributed by atoms with E-state index in [1.54, 1.807) is 7.11 Å². The van der Waals surface area contributed by atoms with Gasteiger partial charge in [-0.05, 0) is 29.8 Å². The lowest BCUT2D eigenvalue weighted by molar-refractivity contribution is -0.121. The molecule has 0 unspecified atom stereocenters. The summed E-state index contributed by atoms with van der Waals surface area (Å²) in [6, 6.07) is 13.9. The van der Waals surface area contributed by atoms with Crippen molar-refractivity contribution in [2.75, 3.05) is 51.5 Å². The highest BCUT2D eigenvalue weighted by Gasteiger charge is 2.20. The molecule has 2 aromatic carbocycles. The Bertz CT molecular complexity index is 850. The fourth-order valence-corrected chi connectivity index (χ4v) is 3.70. The number of piperazine rings is 1. The van der Waals surface area contributed by atoms with Gasteiger partial charge in [0.25, 0.3) is 0 Å². The van der Waals surface area contributed by atoms with Crippen molar-refractivity contribution < 1.29 is 19.0 Å². The number of fused-ring (bicyclic) bond motifs is 1. The van der Waals surface area contributed by atoms with Gasteiger partial charge in [0.1, 0.15) is 5.75 Å². The first kappa shape index (κ1) is 19.4. The average Bonchev–Trinajstić information content (AvgIpc) is 3.24. The van der Waals surface area contributed by atoms with E-state index in [4.69, 9.17) is 14.2 Å². The molecule has 2 heterocycles. The quantitative estimate of drug-likeness (QED) is 0.773. The third-order valence-corrected chi connectivity index (χ3v) is 5.38. The Morgan fingerprint density at radius 2 is 1.86 bits per heavy atom. The number of carbonyl (C=O) groups is 1. The summed E-state index contributed by atoms with van der Waals surface area (Å²) in [5.74, 6) is 2.47. The lowest BCUT2D eigenvalue weighted by Crippen LogP contribution is -2.47. The Balaban J connectivity index is 1.19. The number of hydrogen-bond acceptors (Lipinski definition) is 6. The number of nitrogens with zero attached hydrogens (tertiary/aromatic N) is 2. The Morgan fingerprint density at radius 3 is 2.69 bits per heavy atom. The second-order valence-corrected chi connectivity index (χ2v) is 7.21. The maximum absolute atomic E-state index is 12.2. The molecule has 0 spiro atoms. The zero-order chi connectivity index (χ0) is 20.1. The lowest BCUT2D eigenvalue weighted by atomic mass is 10.2. The number of ether oxygens (including phenoxy) is 3. The van der Waals surface area contributed by atoms with E-state index in [0.29, 0.717) is 13.0 Å². The van der Waals surface area contributed by atoms with Gasteiger partial charge in [0.05, 0.1) is 12.8 Å². The Morgan fingerprint density at radius 1 is 1.07 bits per heavy atom. The van der Waals surface area contributed by atoms with Gasteiger partial charge in [-0.15, -0.1) is 0 Å². The van der Waals surface area contributed by atoms with Gasteiger partial charge < -0.3 is 24.4 Å². The first-order chi connectivity index (χ1) is 14.2. The van der Waals surface area contributed by atoms with Gasteiger partial charge in [0.15, 0.2) is 11.5 Å². The smallest absolute Gasteiger partial charge is 0.231 e. The number of para-hydroxylation sites is 2. The first-order valence-electron chi connectivity index (χ1n) is 9.98. The molecule has 7 heteroatoms. The van der Waals surface area contributed by atoms with E-state index < -0.39 is 0 Å². The van der Waals surface area contributed by atoms with E-state index in [0.717, 1.165) is 61.2 Å². The second kappa shape index (κ2) is 9.05. The zero-order valence-electron chi connectivity index (χ0n) is 16.7. The highest BCUT2D eigenvalue weighted by Crippen LogP contribution is 2.32. The molecule has 0 saturated carbocycles. The van der Waals surface area contributed by atoms with Crippen LogP contribution < -0.4 is 24.4 Å². The third-order valence-electron chi connectivity index (χ3n) is 5.38. The highest BCUT2D eigenvalue weighted by molar-refractivity contribution is 5.76. The lowest BCUT2D eigenvalue weighted by Gasteiger charge is -2.36. The molecular formula is C22H27N3O4. The van der Waals surface area contributed by atoms with Crippen molar-refractivity contribution in [2.45, 2.75) is 13.0 Å². The molecule has 29 heavy (non-hydrogen) atoms. The molecule has 4 rings (SSSR count). The monoisotopic (exact) mass is 397 g/mol. The minimum atomic E-state index is 0.0647. The number of hydrogen-bond donors (Lipinski definition) is 1. The fraction of sp³-hybridized carbons (Fsp3) is 0.409. The molecule has 0 aromatic heterocycles. The third kappa shape index (κ3) is 4.74. The first-order valence-corrected chi connectivity index (χ1v) is 9.98. The molecular weight excluding hydrogens is 370 g/mol. The van der Waals surface area contributed by atoms with E-state index in [9.17, 15) is 4.79 Å². The van der Waals surface area contributed by atoms with Gasteiger partial charge in [-0.1, -0.05) is 18.2 Å². The number of carbonyl (C=O) groups excluding carboxylic acids is 1. The minimum Gasteiger partial charge on any atom is -0.495 e. The van der Waals surface area contributed by atoms with Crippen molar-refractivity contribution in [3.05, 3.63) is 48.0 Å². The number of benzene rings is 2. The molecule has 1 amide bonds. The van der Waals surface area contributed by atoms with Crippen LogP contribution in [0.2, 0.25) is 0 Å². The molecule has 2 aliphatic heterocycles. The minimum absolute atomic E-state index is 0.0647. The fourth-order valence-electron chi connectivity index (χ4n) is 3.70. The largest absolute Gasteiger partial charge is 0.495 e.